The van der Waals surface area contributed by atoms with Crippen molar-refractivity contribution in [3.63, 3.8) is 0 Å². The Balaban J connectivity index is 4.15. The Bertz CT molecular complexity index is 152. The van der Waals surface area contributed by atoms with Crippen LogP contribution in [0.4, 0.5) is 4.79 Å². The Labute approximate surface area is 73.3 Å². The zero-order valence-corrected chi connectivity index (χ0v) is 8.00. The number of carbonyl (C=O) groups is 1. The van der Waals surface area contributed by atoms with E-state index in [2.05, 4.69) is 0 Å². The molecule has 0 heterocycles. The van der Waals surface area contributed by atoms with Crippen LogP contribution in [0, 0.1) is 0 Å². The fourth-order valence-electron chi connectivity index (χ4n) is 1.01. The standard InChI is InChI=1S/C8H18N2O2/c1-8(2,3)10(7(9)12)5-4-6-11/h11H,4-6H2,1-3H3,(H2,9,12). The molecular weight excluding hydrogens is 156 g/mol. The number of carbonyl (C=O) groups excluding carboxylic acids is 1. The Hall–Kier alpha value is -0.770. The number of nitrogens with two attached hydrogens (primary N) is 1. The maximum absolute atomic E-state index is 10.9. The maximum Gasteiger partial charge on any atom is 0.315 e. The van der Waals surface area contributed by atoms with Gasteiger partial charge >= 0.3 is 6.03 Å². The molecule has 0 rings (SSSR count). The summed E-state index contributed by atoms with van der Waals surface area (Å²) < 4.78 is 0. The van der Waals surface area contributed by atoms with Crippen LogP contribution in [0.3, 0.4) is 0 Å². The molecule has 0 saturated carbocycles. The van der Waals surface area contributed by atoms with Gasteiger partial charge in [-0.25, -0.2) is 4.79 Å². The molecule has 0 aromatic heterocycles. The Kier molecular flexibility index (Phi) is 4.03. The molecule has 0 fully saturated rings. The molecule has 0 aliphatic heterocycles. The number of rotatable bonds is 3. The monoisotopic (exact) mass is 174 g/mol. The summed E-state index contributed by atoms with van der Waals surface area (Å²) in [5.74, 6) is 0. The van der Waals surface area contributed by atoms with Crippen molar-refractivity contribution in [3.8, 4) is 0 Å². The van der Waals surface area contributed by atoms with Crippen molar-refractivity contribution in [1.29, 1.82) is 0 Å². The Morgan fingerprint density at radius 1 is 1.50 bits per heavy atom. The van der Waals surface area contributed by atoms with Crippen molar-refractivity contribution >= 4 is 6.03 Å². The molecule has 0 aromatic carbocycles. The van der Waals surface area contributed by atoms with Gasteiger partial charge in [0.1, 0.15) is 0 Å². The number of hydrogen-bond acceptors (Lipinski definition) is 2. The first-order chi connectivity index (χ1) is 5.39. The smallest absolute Gasteiger partial charge is 0.315 e. The van der Waals surface area contributed by atoms with Gasteiger partial charge in [-0.1, -0.05) is 0 Å². The minimum absolute atomic E-state index is 0.0832. The van der Waals surface area contributed by atoms with Gasteiger partial charge in [-0.2, -0.15) is 0 Å². The summed E-state index contributed by atoms with van der Waals surface area (Å²) in [6, 6.07) is -0.434. The minimum Gasteiger partial charge on any atom is -0.396 e. The SMILES string of the molecule is CC(C)(C)N(CCCO)C(N)=O. The van der Waals surface area contributed by atoms with Gasteiger partial charge in [-0.05, 0) is 27.2 Å². The molecule has 3 N–H and O–H groups in total. The molecule has 0 unspecified atom stereocenters. The van der Waals surface area contributed by atoms with Crippen molar-refractivity contribution in [2.45, 2.75) is 32.7 Å². The lowest BCUT2D eigenvalue weighted by molar-refractivity contribution is 0.144. The molecule has 2 amide bonds. The van der Waals surface area contributed by atoms with E-state index in [9.17, 15) is 4.79 Å². The van der Waals surface area contributed by atoms with E-state index in [0.717, 1.165) is 0 Å². The quantitative estimate of drug-likeness (QED) is 0.656. The van der Waals surface area contributed by atoms with E-state index in [1.807, 2.05) is 20.8 Å². The zero-order valence-electron chi connectivity index (χ0n) is 8.00. The Morgan fingerprint density at radius 2 is 2.00 bits per heavy atom. The summed E-state index contributed by atoms with van der Waals surface area (Å²) in [5.41, 5.74) is 4.91. The number of hydrogen-bond donors (Lipinski definition) is 2. The van der Waals surface area contributed by atoms with E-state index < -0.39 is 6.03 Å². The topological polar surface area (TPSA) is 66.6 Å². The molecule has 0 spiro atoms. The maximum atomic E-state index is 10.9. The van der Waals surface area contributed by atoms with E-state index in [-0.39, 0.29) is 12.1 Å². The van der Waals surface area contributed by atoms with Crippen molar-refractivity contribution < 1.29 is 9.90 Å². The summed E-state index contributed by atoms with van der Waals surface area (Å²) in [6.45, 7) is 6.33. The van der Waals surface area contributed by atoms with Gasteiger partial charge < -0.3 is 15.7 Å². The number of primary amides is 1. The minimum atomic E-state index is -0.434. The highest BCUT2D eigenvalue weighted by molar-refractivity contribution is 5.72. The first-order valence-corrected chi connectivity index (χ1v) is 4.07. The van der Waals surface area contributed by atoms with Crippen LogP contribution in [0.2, 0.25) is 0 Å². The molecule has 4 nitrogen and oxygen atoms in total. The molecular formula is C8H18N2O2. The van der Waals surface area contributed by atoms with Crippen molar-refractivity contribution in [2.24, 2.45) is 5.73 Å². The highest BCUT2D eigenvalue weighted by atomic mass is 16.3. The van der Waals surface area contributed by atoms with E-state index in [0.29, 0.717) is 13.0 Å². The predicted octanol–water partition coefficient (Wildman–Crippen LogP) is 0.548. The van der Waals surface area contributed by atoms with Crippen LogP contribution in [0.15, 0.2) is 0 Å². The molecule has 0 aromatic rings. The highest BCUT2D eigenvalue weighted by Crippen LogP contribution is 2.12. The zero-order chi connectivity index (χ0) is 9.78. The first kappa shape index (κ1) is 11.2. The lowest BCUT2D eigenvalue weighted by Crippen LogP contribution is -2.48. The summed E-state index contributed by atoms with van der Waals surface area (Å²) >= 11 is 0. The van der Waals surface area contributed by atoms with Gasteiger partial charge in [0.25, 0.3) is 0 Å². The third-order valence-electron chi connectivity index (χ3n) is 1.62. The van der Waals surface area contributed by atoms with E-state index >= 15 is 0 Å². The molecule has 4 heteroatoms. The molecule has 0 aliphatic carbocycles. The van der Waals surface area contributed by atoms with Crippen LogP contribution in [-0.2, 0) is 0 Å². The second-order valence-corrected chi connectivity index (χ2v) is 3.74. The van der Waals surface area contributed by atoms with Gasteiger partial charge in [0, 0.05) is 18.7 Å². The largest absolute Gasteiger partial charge is 0.396 e. The average molecular weight is 174 g/mol. The van der Waals surface area contributed by atoms with Crippen LogP contribution >= 0.6 is 0 Å². The third kappa shape index (κ3) is 3.57. The highest BCUT2D eigenvalue weighted by Gasteiger charge is 2.23. The molecule has 0 aliphatic rings. The number of nitrogens with zero attached hydrogens (tertiary/aromatic N) is 1. The van der Waals surface area contributed by atoms with Crippen LogP contribution in [0.25, 0.3) is 0 Å². The van der Waals surface area contributed by atoms with Crippen LogP contribution in [0.1, 0.15) is 27.2 Å². The second-order valence-electron chi connectivity index (χ2n) is 3.74. The second kappa shape index (κ2) is 4.30. The van der Waals surface area contributed by atoms with Crippen molar-refractivity contribution in [1.82, 2.24) is 4.90 Å². The lowest BCUT2D eigenvalue weighted by atomic mass is 10.1. The van der Waals surface area contributed by atoms with Crippen molar-refractivity contribution in [3.05, 3.63) is 0 Å². The normalized spacial score (nSPS) is 11.3. The van der Waals surface area contributed by atoms with Crippen LogP contribution < -0.4 is 5.73 Å². The van der Waals surface area contributed by atoms with Gasteiger partial charge in [-0.15, -0.1) is 0 Å². The molecule has 72 valence electrons. The third-order valence-corrected chi connectivity index (χ3v) is 1.62. The van der Waals surface area contributed by atoms with Crippen LogP contribution in [-0.4, -0.2) is 34.7 Å². The Morgan fingerprint density at radius 3 is 2.25 bits per heavy atom. The number of aliphatic hydroxyl groups is 1. The first-order valence-electron chi connectivity index (χ1n) is 4.07. The fourth-order valence-corrected chi connectivity index (χ4v) is 1.01. The summed E-state index contributed by atoms with van der Waals surface area (Å²) in [7, 11) is 0. The number of urea groups is 1. The van der Waals surface area contributed by atoms with Gasteiger partial charge in [-0.3, -0.25) is 0 Å². The lowest BCUT2D eigenvalue weighted by Gasteiger charge is -2.34. The van der Waals surface area contributed by atoms with E-state index in [4.69, 9.17) is 10.8 Å². The molecule has 0 radical (unpaired) electrons. The fraction of sp³-hybridized carbons (Fsp3) is 0.875. The van der Waals surface area contributed by atoms with Gasteiger partial charge in [0.15, 0.2) is 0 Å². The van der Waals surface area contributed by atoms with Crippen molar-refractivity contribution in [2.75, 3.05) is 13.2 Å². The van der Waals surface area contributed by atoms with Crippen LogP contribution in [0.5, 0.6) is 0 Å². The summed E-state index contributed by atoms with van der Waals surface area (Å²) in [6.07, 6.45) is 0.570. The van der Waals surface area contributed by atoms with Gasteiger partial charge in [0.05, 0.1) is 0 Å². The summed E-state index contributed by atoms with van der Waals surface area (Å²) in [5, 5.41) is 8.58. The molecule has 0 bridgehead atoms. The molecule has 0 atom stereocenters. The van der Waals surface area contributed by atoms with E-state index in [1.54, 1.807) is 4.90 Å². The number of amides is 2. The predicted molar refractivity (Wildman–Crippen MR) is 47.7 cm³/mol. The molecule has 0 saturated heterocycles. The average Bonchev–Trinajstić information content (AvgIpc) is 1.84. The molecule has 12 heavy (non-hydrogen) atoms. The summed E-state index contributed by atoms with van der Waals surface area (Å²) in [4.78, 5) is 12.5. The van der Waals surface area contributed by atoms with E-state index in [1.165, 1.54) is 0 Å². The van der Waals surface area contributed by atoms with Gasteiger partial charge in [0.2, 0.25) is 0 Å². The number of aliphatic hydroxyl groups excluding tert-OH is 1.